The van der Waals surface area contributed by atoms with Crippen molar-refractivity contribution >= 4 is 63.3 Å². The summed E-state index contributed by atoms with van der Waals surface area (Å²) in [7, 11) is 0. The molecule has 0 radical (unpaired) electrons. The van der Waals surface area contributed by atoms with E-state index in [1.807, 2.05) is 0 Å². The van der Waals surface area contributed by atoms with Crippen LogP contribution < -0.4 is 0 Å². The van der Waals surface area contributed by atoms with Crippen molar-refractivity contribution in [3.8, 4) is 0 Å². The molecule has 0 aromatic carbocycles. The SMILES string of the molecule is O=C(O)C(O)C(O)C(=O)O.[Dy].[KH]. The van der Waals surface area contributed by atoms with Crippen LogP contribution in [0.5, 0.6) is 0 Å². The fourth-order valence-electron chi connectivity index (χ4n) is 0.270. The maximum absolute atomic E-state index is 9.77. The van der Waals surface area contributed by atoms with Crippen molar-refractivity contribution in [2.45, 2.75) is 12.2 Å². The molecular formula is C4H7DyKO6. The molecule has 0 amide bonds. The van der Waals surface area contributed by atoms with Crippen molar-refractivity contribution in [2.75, 3.05) is 0 Å². The van der Waals surface area contributed by atoms with Crippen molar-refractivity contribution in [3.63, 3.8) is 0 Å². The van der Waals surface area contributed by atoms with E-state index in [0.29, 0.717) is 0 Å². The van der Waals surface area contributed by atoms with Gasteiger partial charge >= 0.3 is 63.3 Å². The first-order valence-electron chi connectivity index (χ1n) is 2.28. The first-order valence-corrected chi connectivity index (χ1v) is 2.28. The Hall–Kier alpha value is 1.77. The third-order valence-corrected chi connectivity index (χ3v) is 0.805. The molecule has 0 rings (SSSR count). The van der Waals surface area contributed by atoms with Crippen LogP contribution in [-0.2, 0) is 9.59 Å². The molecule has 0 bridgehead atoms. The number of carboxylic acid groups (broad SMARTS) is 2. The van der Waals surface area contributed by atoms with Crippen LogP contribution in [0, 0.1) is 38.2 Å². The number of aliphatic hydroxyl groups excluding tert-OH is 2. The number of hydrogen-bond acceptors (Lipinski definition) is 4. The van der Waals surface area contributed by atoms with Crippen LogP contribution in [-0.4, -0.2) is 96.0 Å². The van der Waals surface area contributed by atoms with Gasteiger partial charge in [0.05, 0.1) is 0 Å². The number of carbonyl (C=O) groups is 2. The summed E-state index contributed by atoms with van der Waals surface area (Å²) in [5, 5.41) is 32.5. The zero-order valence-corrected chi connectivity index (χ0v) is 7.11. The molecular weight excluding hydrogens is 346 g/mol. The summed E-state index contributed by atoms with van der Waals surface area (Å²) in [5.74, 6) is -3.54. The Morgan fingerprint density at radius 3 is 1.17 bits per heavy atom. The third kappa shape index (κ3) is 7.20. The van der Waals surface area contributed by atoms with E-state index in [4.69, 9.17) is 20.4 Å². The first-order chi connectivity index (χ1) is 4.46. The van der Waals surface area contributed by atoms with E-state index in [1.165, 1.54) is 0 Å². The van der Waals surface area contributed by atoms with Gasteiger partial charge < -0.3 is 20.4 Å². The van der Waals surface area contributed by atoms with Crippen LogP contribution in [0.15, 0.2) is 0 Å². The molecule has 0 heterocycles. The molecule has 4 N–H and O–H groups in total. The van der Waals surface area contributed by atoms with E-state index < -0.39 is 24.1 Å². The summed E-state index contributed by atoms with van der Waals surface area (Å²) >= 11 is 0. The van der Waals surface area contributed by atoms with Crippen LogP contribution in [0.1, 0.15) is 0 Å². The fraction of sp³-hybridized carbons (Fsp3) is 0.500. The minimum atomic E-state index is -2.27. The third-order valence-electron chi connectivity index (χ3n) is 0.805. The molecule has 0 saturated carbocycles. The van der Waals surface area contributed by atoms with E-state index in [0.717, 1.165) is 0 Å². The van der Waals surface area contributed by atoms with E-state index in [1.54, 1.807) is 0 Å². The number of aliphatic hydroxyl groups is 2. The van der Waals surface area contributed by atoms with Gasteiger partial charge in [-0.1, -0.05) is 0 Å². The van der Waals surface area contributed by atoms with Gasteiger partial charge in [-0.3, -0.25) is 0 Å². The Kier molecular flexibility index (Phi) is 15.0. The van der Waals surface area contributed by atoms with Crippen molar-refractivity contribution in [1.29, 1.82) is 0 Å². The predicted molar refractivity (Wildman–Crippen MR) is 34.4 cm³/mol. The average molecular weight is 353 g/mol. The molecule has 0 aromatic heterocycles. The van der Waals surface area contributed by atoms with E-state index >= 15 is 0 Å². The zero-order valence-electron chi connectivity index (χ0n) is 5.08. The maximum atomic E-state index is 9.77. The number of carboxylic acids is 2. The van der Waals surface area contributed by atoms with Gasteiger partial charge in [0.25, 0.3) is 0 Å². The molecule has 0 fully saturated rings. The Morgan fingerprint density at radius 1 is 0.917 bits per heavy atom. The van der Waals surface area contributed by atoms with Gasteiger partial charge in [0.2, 0.25) is 0 Å². The fourth-order valence-corrected chi connectivity index (χ4v) is 0.270. The van der Waals surface area contributed by atoms with Gasteiger partial charge in [0.15, 0.2) is 12.2 Å². The van der Waals surface area contributed by atoms with Crippen LogP contribution in [0.4, 0.5) is 0 Å². The second kappa shape index (κ2) is 9.33. The summed E-state index contributed by atoms with van der Waals surface area (Å²) in [6.45, 7) is 0. The standard InChI is InChI=1S/C4H6O6.Dy.K.H/c5-1(3(7)8)2(6)4(9)10;;;/h1-2,5-6H,(H,7,8)(H,9,10);;;. The molecule has 2 atom stereocenters. The summed E-state index contributed by atoms with van der Waals surface area (Å²) in [5.41, 5.74) is 0. The van der Waals surface area contributed by atoms with Gasteiger partial charge in [0.1, 0.15) is 0 Å². The number of rotatable bonds is 3. The molecule has 6 nitrogen and oxygen atoms in total. The van der Waals surface area contributed by atoms with Gasteiger partial charge in [-0.05, 0) is 0 Å². The van der Waals surface area contributed by atoms with Crippen molar-refractivity contribution in [3.05, 3.63) is 0 Å². The molecule has 8 heteroatoms. The topological polar surface area (TPSA) is 115 Å². The number of aliphatic carboxylic acids is 2. The van der Waals surface area contributed by atoms with Crippen LogP contribution in [0.2, 0.25) is 0 Å². The monoisotopic (exact) mass is 354 g/mol. The summed E-state index contributed by atoms with van der Waals surface area (Å²) in [6, 6.07) is 0. The number of hydrogen-bond donors (Lipinski definition) is 4. The van der Waals surface area contributed by atoms with Crippen molar-refractivity contribution in [1.82, 2.24) is 0 Å². The van der Waals surface area contributed by atoms with E-state index in [9.17, 15) is 9.59 Å². The van der Waals surface area contributed by atoms with Crippen LogP contribution >= 0.6 is 0 Å². The zero-order chi connectivity index (χ0) is 8.31. The van der Waals surface area contributed by atoms with Gasteiger partial charge in [-0.15, -0.1) is 0 Å². The van der Waals surface area contributed by atoms with E-state index in [-0.39, 0.29) is 89.6 Å². The Balaban J connectivity index is -0.000000405. The first kappa shape index (κ1) is 19.4. The molecule has 0 aliphatic carbocycles. The Labute approximate surface area is 141 Å². The molecule has 0 aliphatic heterocycles. The van der Waals surface area contributed by atoms with Gasteiger partial charge in [-0.2, -0.15) is 0 Å². The van der Waals surface area contributed by atoms with Crippen molar-refractivity contribution < 1.29 is 68.2 Å². The second-order valence-corrected chi connectivity index (χ2v) is 1.57. The summed E-state index contributed by atoms with van der Waals surface area (Å²) in [4.78, 5) is 19.5. The average Bonchev–Trinajstić information content (AvgIpc) is 1.84. The van der Waals surface area contributed by atoms with Gasteiger partial charge in [-0.25, -0.2) is 9.59 Å². The Bertz CT molecular complexity index is 144. The molecule has 12 heavy (non-hydrogen) atoms. The van der Waals surface area contributed by atoms with Crippen LogP contribution in [0.25, 0.3) is 0 Å². The van der Waals surface area contributed by atoms with E-state index in [2.05, 4.69) is 0 Å². The molecule has 0 spiro atoms. The molecule has 2 unspecified atom stereocenters. The molecule has 70 valence electrons. The molecule has 0 aliphatic rings. The molecule has 0 saturated heterocycles. The van der Waals surface area contributed by atoms with Gasteiger partial charge in [0, 0.05) is 38.2 Å². The normalized spacial score (nSPS) is 13.2. The Morgan fingerprint density at radius 2 is 1.08 bits per heavy atom. The summed E-state index contributed by atoms with van der Waals surface area (Å²) < 4.78 is 0. The quantitative estimate of drug-likeness (QED) is 0.409. The minimum absolute atomic E-state index is 0. The molecule has 0 aromatic rings. The van der Waals surface area contributed by atoms with Crippen molar-refractivity contribution in [2.24, 2.45) is 0 Å². The predicted octanol–water partition coefficient (Wildman–Crippen LogP) is -2.77. The second-order valence-electron chi connectivity index (χ2n) is 1.57. The summed E-state index contributed by atoms with van der Waals surface area (Å²) in [6.07, 6.45) is -4.53. The van der Waals surface area contributed by atoms with Crippen LogP contribution in [0.3, 0.4) is 0 Å².